The number of carbonyl (C=O) groups is 1. The van der Waals surface area contributed by atoms with Crippen LogP contribution in [0.15, 0.2) is 17.3 Å². The Labute approximate surface area is 114 Å². The molecular formula is C14H23NO4. The summed E-state index contributed by atoms with van der Waals surface area (Å²) in [6, 6.07) is 0. The summed E-state index contributed by atoms with van der Waals surface area (Å²) < 4.78 is 16.6. The fourth-order valence-corrected chi connectivity index (χ4v) is 1.66. The van der Waals surface area contributed by atoms with Gasteiger partial charge in [-0.2, -0.15) is 0 Å². The van der Waals surface area contributed by atoms with Crippen LogP contribution in [0, 0.1) is 0 Å². The maximum atomic E-state index is 11.4. The highest BCUT2D eigenvalue weighted by molar-refractivity contribution is 5.96. The van der Waals surface area contributed by atoms with Gasteiger partial charge in [-0.25, -0.2) is 4.99 Å². The lowest BCUT2D eigenvalue weighted by molar-refractivity contribution is -0.141. The third kappa shape index (κ3) is 5.12. The SMILES string of the molecule is C=C(N=C(CC)OCC1COC(C)(C)O1)C(=O)CC. The summed E-state index contributed by atoms with van der Waals surface area (Å²) in [6.07, 6.45) is 0.891. The van der Waals surface area contributed by atoms with Crippen LogP contribution in [0.25, 0.3) is 0 Å². The summed E-state index contributed by atoms with van der Waals surface area (Å²) in [4.78, 5) is 15.5. The van der Waals surface area contributed by atoms with Gasteiger partial charge in [0.15, 0.2) is 17.5 Å². The minimum atomic E-state index is -0.556. The highest BCUT2D eigenvalue weighted by atomic mass is 16.7. The van der Waals surface area contributed by atoms with Crippen LogP contribution in [-0.2, 0) is 19.0 Å². The number of aliphatic imine (C=N–C) groups is 1. The Bertz CT molecular complexity index is 374. The normalized spacial score (nSPS) is 22.3. The van der Waals surface area contributed by atoms with Crippen molar-refractivity contribution in [2.24, 2.45) is 4.99 Å². The first-order valence-electron chi connectivity index (χ1n) is 6.62. The van der Waals surface area contributed by atoms with Crippen molar-refractivity contribution < 1.29 is 19.0 Å². The van der Waals surface area contributed by atoms with Crippen molar-refractivity contribution in [3.8, 4) is 0 Å². The number of Topliss-reactive ketones (excluding diaryl/α,β-unsaturated/α-hetero) is 1. The van der Waals surface area contributed by atoms with E-state index in [9.17, 15) is 4.79 Å². The molecule has 0 aromatic carbocycles. The zero-order chi connectivity index (χ0) is 14.5. The van der Waals surface area contributed by atoms with Gasteiger partial charge in [-0.3, -0.25) is 4.79 Å². The number of hydrogen-bond donors (Lipinski definition) is 0. The molecule has 0 aliphatic carbocycles. The Morgan fingerprint density at radius 1 is 1.42 bits per heavy atom. The van der Waals surface area contributed by atoms with E-state index in [1.165, 1.54) is 0 Å². The van der Waals surface area contributed by atoms with Gasteiger partial charge in [-0.15, -0.1) is 0 Å². The van der Waals surface area contributed by atoms with E-state index in [0.29, 0.717) is 32.0 Å². The number of nitrogens with zero attached hydrogens (tertiary/aromatic N) is 1. The molecule has 0 spiro atoms. The first kappa shape index (κ1) is 15.9. The number of ether oxygens (including phenoxy) is 3. The summed E-state index contributed by atoms with van der Waals surface area (Å²) in [6.45, 7) is 11.9. The van der Waals surface area contributed by atoms with E-state index in [4.69, 9.17) is 14.2 Å². The van der Waals surface area contributed by atoms with Crippen molar-refractivity contribution in [2.75, 3.05) is 13.2 Å². The molecule has 1 unspecified atom stereocenters. The molecule has 0 N–H and O–H groups in total. The smallest absolute Gasteiger partial charge is 0.188 e. The maximum Gasteiger partial charge on any atom is 0.188 e. The predicted molar refractivity (Wildman–Crippen MR) is 73.0 cm³/mol. The van der Waals surface area contributed by atoms with Gasteiger partial charge in [0.05, 0.1) is 6.61 Å². The van der Waals surface area contributed by atoms with Gasteiger partial charge in [0, 0.05) is 12.8 Å². The van der Waals surface area contributed by atoms with E-state index in [1.54, 1.807) is 6.92 Å². The highest BCUT2D eigenvalue weighted by Gasteiger charge is 2.33. The second-order valence-electron chi connectivity index (χ2n) is 4.84. The Morgan fingerprint density at radius 3 is 2.58 bits per heavy atom. The summed E-state index contributed by atoms with van der Waals surface area (Å²) >= 11 is 0. The minimum Gasteiger partial charge on any atom is -0.478 e. The van der Waals surface area contributed by atoms with E-state index in [-0.39, 0.29) is 17.6 Å². The molecule has 1 fully saturated rings. The molecule has 1 rings (SSSR count). The van der Waals surface area contributed by atoms with Crippen LogP contribution in [0.2, 0.25) is 0 Å². The highest BCUT2D eigenvalue weighted by Crippen LogP contribution is 2.22. The van der Waals surface area contributed by atoms with Crippen LogP contribution in [0.5, 0.6) is 0 Å². The van der Waals surface area contributed by atoms with Gasteiger partial charge in [-0.05, 0) is 13.8 Å². The third-order valence-corrected chi connectivity index (χ3v) is 2.71. The quantitative estimate of drug-likeness (QED) is 0.422. The van der Waals surface area contributed by atoms with Crippen molar-refractivity contribution in [1.82, 2.24) is 0 Å². The number of allylic oxidation sites excluding steroid dienone is 1. The lowest BCUT2D eigenvalue weighted by Crippen LogP contribution is -2.25. The molecule has 0 bridgehead atoms. The van der Waals surface area contributed by atoms with Gasteiger partial charge in [-0.1, -0.05) is 20.4 Å². The zero-order valence-electron chi connectivity index (χ0n) is 12.2. The molecule has 1 aliphatic rings. The van der Waals surface area contributed by atoms with E-state index in [0.717, 1.165) is 0 Å². The summed E-state index contributed by atoms with van der Waals surface area (Å²) in [5.41, 5.74) is 0.239. The van der Waals surface area contributed by atoms with Crippen molar-refractivity contribution >= 4 is 11.7 Å². The predicted octanol–water partition coefficient (Wildman–Crippen LogP) is 2.46. The van der Waals surface area contributed by atoms with Crippen molar-refractivity contribution in [2.45, 2.75) is 52.4 Å². The maximum absolute atomic E-state index is 11.4. The van der Waals surface area contributed by atoms with Crippen LogP contribution in [0.1, 0.15) is 40.5 Å². The molecule has 5 nitrogen and oxygen atoms in total. The monoisotopic (exact) mass is 269 g/mol. The Balaban J connectivity index is 2.47. The van der Waals surface area contributed by atoms with Crippen molar-refractivity contribution in [1.29, 1.82) is 0 Å². The topological polar surface area (TPSA) is 57.1 Å². The molecule has 1 saturated heterocycles. The molecule has 1 aliphatic heterocycles. The third-order valence-electron chi connectivity index (χ3n) is 2.71. The van der Waals surface area contributed by atoms with Crippen molar-refractivity contribution in [3.05, 3.63) is 12.3 Å². The lowest BCUT2D eigenvalue weighted by atomic mass is 10.2. The van der Waals surface area contributed by atoms with Gasteiger partial charge < -0.3 is 14.2 Å². The van der Waals surface area contributed by atoms with Crippen molar-refractivity contribution in [3.63, 3.8) is 0 Å². The fourth-order valence-electron chi connectivity index (χ4n) is 1.66. The molecule has 0 aromatic rings. The van der Waals surface area contributed by atoms with E-state index >= 15 is 0 Å². The molecular weight excluding hydrogens is 246 g/mol. The molecule has 0 radical (unpaired) electrons. The molecule has 0 saturated carbocycles. The van der Waals surface area contributed by atoms with Gasteiger partial charge >= 0.3 is 0 Å². The summed E-state index contributed by atoms with van der Waals surface area (Å²) in [7, 11) is 0. The first-order chi connectivity index (χ1) is 8.88. The van der Waals surface area contributed by atoms with E-state index < -0.39 is 5.79 Å². The summed E-state index contributed by atoms with van der Waals surface area (Å²) in [5, 5.41) is 0. The van der Waals surface area contributed by atoms with Gasteiger partial charge in [0.2, 0.25) is 0 Å². The molecule has 1 atom stereocenters. The average Bonchev–Trinajstić information content (AvgIpc) is 2.72. The van der Waals surface area contributed by atoms with Crippen LogP contribution >= 0.6 is 0 Å². The van der Waals surface area contributed by atoms with Gasteiger partial charge in [0.1, 0.15) is 18.4 Å². The Hall–Kier alpha value is -1.20. The second kappa shape index (κ2) is 6.82. The number of hydrogen-bond acceptors (Lipinski definition) is 5. The molecule has 0 amide bonds. The molecule has 1 heterocycles. The molecule has 5 heteroatoms. The van der Waals surface area contributed by atoms with E-state index in [2.05, 4.69) is 11.6 Å². The largest absolute Gasteiger partial charge is 0.478 e. The van der Waals surface area contributed by atoms with Crippen LogP contribution in [-0.4, -0.2) is 36.8 Å². The van der Waals surface area contributed by atoms with Gasteiger partial charge in [0.25, 0.3) is 0 Å². The molecule has 0 aromatic heterocycles. The van der Waals surface area contributed by atoms with E-state index in [1.807, 2.05) is 20.8 Å². The Kier molecular flexibility index (Phi) is 5.69. The summed E-state index contributed by atoms with van der Waals surface area (Å²) in [5.74, 6) is -0.129. The molecule has 108 valence electrons. The van der Waals surface area contributed by atoms with Crippen LogP contribution in [0.4, 0.5) is 0 Å². The first-order valence-corrected chi connectivity index (χ1v) is 6.62. The Morgan fingerprint density at radius 2 is 2.11 bits per heavy atom. The zero-order valence-corrected chi connectivity index (χ0v) is 12.2. The number of carbonyl (C=O) groups excluding carboxylic acids is 1. The number of ketones is 1. The standard InChI is InChI=1S/C14H23NO4/c1-6-12(16)10(3)15-13(7-2)17-8-11-9-18-14(4,5)19-11/h11H,3,6-9H2,1-2,4-5H3. The fraction of sp³-hybridized carbons (Fsp3) is 0.714. The van der Waals surface area contributed by atoms with Crippen LogP contribution < -0.4 is 0 Å². The average molecular weight is 269 g/mol. The molecule has 19 heavy (non-hydrogen) atoms. The number of rotatable bonds is 6. The lowest BCUT2D eigenvalue weighted by Gasteiger charge is -2.17. The van der Waals surface area contributed by atoms with Crippen LogP contribution in [0.3, 0.4) is 0 Å². The minimum absolute atomic E-state index is 0.0730. The second-order valence-corrected chi connectivity index (χ2v) is 4.84.